The molecule has 0 aliphatic heterocycles. The van der Waals surface area contributed by atoms with E-state index in [0.717, 1.165) is 31.4 Å². The van der Waals surface area contributed by atoms with E-state index in [1.165, 1.54) is 23.1 Å². The molecule has 0 unspecified atom stereocenters. The lowest BCUT2D eigenvalue weighted by Gasteiger charge is -2.06. The van der Waals surface area contributed by atoms with E-state index in [1.54, 1.807) is 12.1 Å². The number of aromatic nitrogens is 1. The number of nitrogens with one attached hydrogen (secondary N) is 2. The minimum atomic E-state index is -0.155. The number of fused-ring (bicyclic) bond motifs is 1. The van der Waals surface area contributed by atoms with Crippen molar-refractivity contribution in [2.45, 2.75) is 4.34 Å². The van der Waals surface area contributed by atoms with Gasteiger partial charge in [-0.05, 0) is 53.6 Å². The lowest BCUT2D eigenvalue weighted by molar-refractivity contribution is -0.113. The lowest BCUT2D eigenvalue weighted by atomic mass is 10.1. The maximum absolute atomic E-state index is 12.5. The van der Waals surface area contributed by atoms with E-state index in [9.17, 15) is 9.59 Å². The average Bonchev–Trinajstić information content (AvgIpc) is 3.31. The molecule has 5 aromatic rings. The number of carbonyl (C=O) groups excluding carboxylic acids is 2. The number of amides is 2. The van der Waals surface area contributed by atoms with Gasteiger partial charge in [-0.3, -0.25) is 9.59 Å². The molecule has 4 aromatic carbocycles. The van der Waals surface area contributed by atoms with Gasteiger partial charge in [0.25, 0.3) is 5.91 Å². The van der Waals surface area contributed by atoms with Crippen molar-refractivity contribution in [3.05, 3.63) is 109 Å². The van der Waals surface area contributed by atoms with Crippen LogP contribution in [0.15, 0.2) is 107 Å². The molecule has 35 heavy (non-hydrogen) atoms. The Kier molecular flexibility index (Phi) is 6.88. The van der Waals surface area contributed by atoms with Crippen molar-refractivity contribution in [1.29, 1.82) is 0 Å². The van der Waals surface area contributed by atoms with Crippen LogP contribution in [0.5, 0.6) is 0 Å². The summed E-state index contributed by atoms with van der Waals surface area (Å²) >= 11 is 2.90. The molecule has 5 nitrogen and oxygen atoms in total. The summed E-state index contributed by atoms with van der Waals surface area (Å²) in [6, 6.07) is 32.7. The average molecular weight is 496 g/mol. The summed E-state index contributed by atoms with van der Waals surface area (Å²) in [6.07, 6.45) is 0. The second kappa shape index (κ2) is 10.5. The van der Waals surface area contributed by atoms with Gasteiger partial charge in [-0.2, -0.15) is 0 Å². The number of hydrogen-bond donors (Lipinski definition) is 2. The van der Waals surface area contributed by atoms with Gasteiger partial charge in [0.2, 0.25) is 5.91 Å². The number of thiazole rings is 1. The van der Waals surface area contributed by atoms with Crippen LogP contribution in [0.1, 0.15) is 10.4 Å². The zero-order chi connectivity index (χ0) is 24.0. The van der Waals surface area contributed by atoms with E-state index in [2.05, 4.69) is 27.8 Å². The van der Waals surface area contributed by atoms with Crippen LogP contribution in [0, 0.1) is 0 Å². The zero-order valence-corrected chi connectivity index (χ0v) is 20.2. The van der Waals surface area contributed by atoms with Crippen molar-refractivity contribution in [3.8, 4) is 11.1 Å². The highest BCUT2D eigenvalue weighted by Crippen LogP contribution is 2.31. The van der Waals surface area contributed by atoms with E-state index in [1.807, 2.05) is 78.9 Å². The third kappa shape index (κ3) is 5.77. The number of thioether (sulfide) groups is 1. The Balaban J connectivity index is 1.17. The maximum atomic E-state index is 12.5. The molecule has 2 N–H and O–H groups in total. The molecule has 1 aromatic heterocycles. The fourth-order valence-electron chi connectivity index (χ4n) is 3.54. The van der Waals surface area contributed by atoms with Gasteiger partial charge < -0.3 is 10.6 Å². The molecule has 0 saturated carbocycles. The molecular weight excluding hydrogens is 474 g/mol. The van der Waals surface area contributed by atoms with Gasteiger partial charge in [-0.15, -0.1) is 11.3 Å². The highest BCUT2D eigenvalue weighted by Gasteiger charge is 2.11. The quantitative estimate of drug-likeness (QED) is 0.240. The number of nitrogens with zero attached hydrogens (tertiary/aromatic N) is 1. The first-order valence-corrected chi connectivity index (χ1v) is 12.8. The Hall–Kier alpha value is -3.94. The number of hydrogen-bond acceptors (Lipinski definition) is 5. The monoisotopic (exact) mass is 495 g/mol. The Morgan fingerprint density at radius 1 is 0.743 bits per heavy atom. The molecular formula is C28H21N3O2S2. The van der Waals surface area contributed by atoms with Crippen molar-refractivity contribution in [2.75, 3.05) is 16.4 Å². The van der Waals surface area contributed by atoms with Gasteiger partial charge in [-0.25, -0.2) is 4.98 Å². The Morgan fingerprint density at radius 2 is 1.40 bits per heavy atom. The summed E-state index contributed by atoms with van der Waals surface area (Å²) < 4.78 is 1.76. The van der Waals surface area contributed by atoms with Gasteiger partial charge >= 0.3 is 0 Å². The van der Waals surface area contributed by atoms with Crippen LogP contribution >= 0.6 is 23.1 Å². The standard InChI is InChI=1S/C28H21N3O2S2/c32-26(29-22-13-11-20(12-14-22)19-7-3-1-4-8-19)18-34-28-31-24-16-15-23(17-25(24)35-28)30-27(33)21-9-5-2-6-10-21/h1-17H,18H2,(H,29,32)(H,30,33). The van der Waals surface area contributed by atoms with Gasteiger partial charge in [0.15, 0.2) is 4.34 Å². The summed E-state index contributed by atoms with van der Waals surface area (Å²) in [5.41, 5.74) is 5.16. The molecule has 0 fully saturated rings. The van der Waals surface area contributed by atoms with Crippen LogP contribution < -0.4 is 10.6 Å². The van der Waals surface area contributed by atoms with Crippen LogP contribution in [-0.2, 0) is 4.79 Å². The lowest BCUT2D eigenvalue weighted by Crippen LogP contribution is -2.13. The van der Waals surface area contributed by atoms with E-state index in [-0.39, 0.29) is 17.6 Å². The molecule has 0 radical (unpaired) electrons. The molecule has 0 atom stereocenters. The Bertz CT molecular complexity index is 1470. The van der Waals surface area contributed by atoms with Crippen LogP contribution in [-0.4, -0.2) is 22.6 Å². The predicted octanol–water partition coefficient (Wildman–Crippen LogP) is 6.95. The molecule has 172 valence electrons. The van der Waals surface area contributed by atoms with E-state index < -0.39 is 0 Å². The van der Waals surface area contributed by atoms with Crippen molar-refractivity contribution >= 4 is 56.5 Å². The molecule has 0 saturated heterocycles. The molecule has 1 heterocycles. The van der Waals surface area contributed by atoms with Gasteiger partial charge in [-0.1, -0.05) is 72.4 Å². The number of rotatable bonds is 7. The van der Waals surface area contributed by atoms with Crippen LogP contribution in [0.4, 0.5) is 11.4 Å². The molecule has 0 aliphatic carbocycles. The summed E-state index contributed by atoms with van der Waals surface area (Å²) in [7, 11) is 0. The number of carbonyl (C=O) groups is 2. The summed E-state index contributed by atoms with van der Waals surface area (Å²) in [5, 5.41) is 5.86. The zero-order valence-electron chi connectivity index (χ0n) is 18.6. The van der Waals surface area contributed by atoms with Gasteiger partial charge in [0, 0.05) is 16.9 Å². The predicted molar refractivity (Wildman–Crippen MR) is 145 cm³/mol. The molecule has 0 aliphatic rings. The molecule has 5 rings (SSSR count). The van der Waals surface area contributed by atoms with Crippen molar-refractivity contribution < 1.29 is 9.59 Å². The summed E-state index contributed by atoms with van der Waals surface area (Å²) in [5.74, 6) is 0.0211. The minimum Gasteiger partial charge on any atom is -0.325 e. The third-order valence-electron chi connectivity index (χ3n) is 5.27. The first-order chi connectivity index (χ1) is 17.1. The van der Waals surface area contributed by atoms with Crippen LogP contribution in [0.2, 0.25) is 0 Å². The van der Waals surface area contributed by atoms with Crippen LogP contribution in [0.25, 0.3) is 21.3 Å². The summed E-state index contributed by atoms with van der Waals surface area (Å²) in [4.78, 5) is 29.5. The molecule has 0 spiro atoms. The topological polar surface area (TPSA) is 71.1 Å². The summed E-state index contributed by atoms with van der Waals surface area (Å²) in [6.45, 7) is 0. The Morgan fingerprint density at radius 3 is 2.14 bits per heavy atom. The second-order valence-electron chi connectivity index (χ2n) is 7.76. The van der Waals surface area contributed by atoms with Crippen molar-refractivity contribution in [1.82, 2.24) is 4.98 Å². The smallest absolute Gasteiger partial charge is 0.255 e. The molecule has 0 bridgehead atoms. The van der Waals surface area contributed by atoms with Crippen molar-refractivity contribution in [2.24, 2.45) is 0 Å². The number of anilines is 2. The minimum absolute atomic E-state index is 0.0856. The second-order valence-corrected chi connectivity index (χ2v) is 10.0. The fourth-order valence-corrected chi connectivity index (χ4v) is 5.44. The largest absolute Gasteiger partial charge is 0.325 e. The highest BCUT2D eigenvalue weighted by atomic mass is 32.2. The van der Waals surface area contributed by atoms with E-state index in [0.29, 0.717) is 11.3 Å². The van der Waals surface area contributed by atoms with Crippen molar-refractivity contribution in [3.63, 3.8) is 0 Å². The number of benzene rings is 4. The van der Waals surface area contributed by atoms with E-state index >= 15 is 0 Å². The van der Waals surface area contributed by atoms with Gasteiger partial charge in [0.1, 0.15) is 0 Å². The Labute approximate surface area is 211 Å². The maximum Gasteiger partial charge on any atom is 0.255 e. The van der Waals surface area contributed by atoms with E-state index in [4.69, 9.17) is 0 Å². The first kappa shape index (κ1) is 22.8. The molecule has 2 amide bonds. The third-order valence-corrected chi connectivity index (χ3v) is 7.43. The highest BCUT2D eigenvalue weighted by molar-refractivity contribution is 8.01. The molecule has 7 heteroatoms. The first-order valence-electron chi connectivity index (χ1n) is 11.0. The normalized spacial score (nSPS) is 10.7. The van der Waals surface area contributed by atoms with Crippen LogP contribution in [0.3, 0.4) is 0 Å². The SMILES string of the molecule is O=C(CSc1nc2ccc(NC(=O)c3ccccc3)cc2s1)Nc1ccc(-c2ccccc2)cc1. The fraction of sp³-hybridized carbons (Fsp3) is 0.0357. The van der Waals surface area contributed by atoms with Gasteiger partial charge in [0.05, 0.1) is 16.0 Å².